The lowest BCUT2D eigenvalue weighted by molar-refractivity contribution is -0.117. The van der Waals surface area contributed by atoms with Gasteiger partial charge in [-0.15, -0.1) is 11.3 Å². The third-order valence-electron chi connectivity index (χ3n) is 4.98. The summed E-state index contributed by atoms with van der Waals surface area (Å²) in [5, 5.41) is 5.16. The maximum Gasteiger partial charge on any atom is 0.387 e. The third-order valence-corrected chi connectivity index (χ3v) is 5.90. The number of nitrogens with one attached hydrogen (secondary N) is 1. The highest BCUT2D eigenvalue weighted by molar-refractivity contribution is 7.14. The number of alkyl halides is 2. The number of carbonyl (C=O) groups excluding carboxylic acids is 2. The highest BCUT2D eigenvalue weighted by Crippen LogP contribution is 2.28. The Kier molecular flexibility index (Phi) is 6.75. The van der Waals surface area contributed by atoms with Crippen molar-refractivity contribution in [1.29, 1.82) is 0 Å². The molecule has 2 amide bonds. The first-order valence-electron chi connectivity index (χ1n) is 10.1. The fraction of sp³-hybridized carbons (Fsp3) is 0.261. The molecular weight excluding hydrogens is 436 g/mol. The van der Waals surface area contributed by atoms with Gasteiger partial charge < -0.3 is 10.1 Å². The Hall–Kier alpha value is -3.33. The van der Waals surface area contributed by atoms with Gasteiger partial charge in [0.15, 0.2) is 5.13 Å². The van der Waals surface area contributed by atoms with Gasteiger partial charge in [-0.3, -0.25) is 14.5 Å². The number of carbonyl (C=O) groups is 2. The molecule has 166 valence electrons. The SMILES string of the molecule is O=C(Cc1csc(N2CCCC2=O)n1)Nc1ccc(OC(F)F)c(Cc2ccccc2)c1. The van der Waals surface area contributed by atoms with Crippen molar-refractivity contribution in [1.82, 2.24) is 4.98 Å². The zero-order chi connectivity index (χ0) is 22.5. The Morgan fingerprint density at radius 3 is 2.75 bits per heavy atom. The van der Waals surface area contributed by atoms with Crippen LogP contribution in [-0.2, 0) is 22.4 Å². The van der Waals surface area contributed by atoms with Gasteiger partial charge in [0, 0.05) is 36.0 Å². The molecule has 1 aliphatic heterocycles. The van der Waals surface area contributed by atoms with E-state index in [1.54, 1.807) is 16.3 Å². The van der Waals surface area contributed by atoms with E-state index in [9.17, 15) is 18.4 Å². The van der Waals surface area contributed by atoms with Gasteiger partial charge >= 0.3 is 6.61 Å². The Morgan fingerprint density at radius 2 is 2.03 bits per heavy atom. The maximum absolute atomic E-state index is 12.8. The molecule has 0 saturated carbocycles. The van der Waals surface area contributed by atoms with Crippen LogP contribution in [0.5, 0.6) is 5.75 Å². The molecule has 3 aromatic rings. The summed E-state index contributed by atoms with van der Waals surface area (Å²) in [7, 11) is 0. The van der Waals surface area contributed by atoms with Crippen LogP contribution >= 0.6 is 11.3 Å². The molecule has 0 spiro atoms. The molecule has 1 N–H and O–H groups in total. The molecule has 1 aromatic heterocycles. The number of anilines is 2. The van der Waals surface area contributed by atoms with E-state index >= 15 is 0 Å². The van der Waals surface area contributed by atoms with E-state index in [4.69, 9.17) is 0 Å². The van der Waals surface area contributed by atoms with Crippen molar-refractivity contribution in [2.45, 2.75) is 32.3 Å². The highest BCUT2D eigenvalue weighted by atomic mass is 32.1. The van der Waals surface area contributed by atoms with Gasteiger partial charge in [-0.1, -0.05) is 30.3 Å². The predicted molar refractivity (Wildman–Crippen MR) is 118 cm³/mol. The van der Waals surface area contributed by atoms with Crippen LogP contribution in [0, 0.1) is 0 Å². The van der Waals surface area contributed by atoms with Crippen molar-refractivity contribution in [3.8, 4) is 5.75 Å². The van der Waals surface area contributed by atoms with Gasteiger partial charge in [-0.25, -0.2) is 4.98 Å². The Bertz CT molecular complexity index is 1100. The fourth-order valence-electron chi connectivity index (χ4n) is 3.54. The summed E-state index contributed by atoms with van der Waals surface area (Å²) < 4.78 is 30.3. The quantitative estimate of drug-likeness (QED) is 0.535. The van der Waals surface area contributed by atoms with Crippen molar-refractivity contribution in [3.63, 3.8) is 0 Å². The lowest BCUT2D eigenvalue weighted by atomic mass is 10.0. The van der Waals surface area contributed by atoms with Gasteiger partial charge in [0.25, 0.3) is 0 Å². The summed E-state index contributed by atoms with van der Waals surface area (Å²) in [6.45, 7) is -2.29. The van der Waals surface area contributed by atoms with E-state index in [2.05, 4.69) is 15.0 Å². The van der Waals surface area contributed by atoms with E-state index in [1.807, 2.05) is 30.3 Å². The van der Waals surface area contributed by atoms with E-state index < -0.39 is 6.61 Å². The molecule has 0 aliphatic carbocycles. The van der Waals surface area contributed by atoms with Crippen LogP contribution in [0.2, 0.25) is 0 Å². The number of thiazole rings is 1. The lowest BCUT2D eigenvalue weighted by Crippen LogP contribution is -2.23. The van der Waals surface area contributed by atoms with Gasteiger partial charge in [-0.05, 0) is 30.2 Å². The molecule has 1 aliphatic rings. The zero-order valence-electron chi connectivity index (χ0n) is 17.1. The molecule has 32 heavy (non-hydrogen) atoms. The summed E-state index contributed by atoms with van der Waals surface area (Å²) >= 11 is 1.34. The molecule has 0 radical (unpaired) electrons. The van der Waals surface area contributed by atoms with Crippen molar-refractivity contribution >= 4 is 34.0 Å². The second kappa shape index (κ2) is 9.86. The number of rotatable bonds is 8. The average Bonchev–Trinajstić information content (AvgIpc) is 3.39. The first kappa shape index (κ1) is 21.9. The van der Waals surface area contributed by atoms with E-state index in [1.165, 1.54) is 23.5 Å². The van der Waals surface area contributed by atoms with Crippen LogP contribution in [0.3, 0.4) is 0 Å². The number of hydrogen-bond donors (Lipinski definition) is 1. The topological polar surface area (TPSA) is 71.5 Å². The van der Waals surface area contributed by atoms with Gasteiger partial charge in [-0.2, -0.15) is 8.78 Å². The number of ether oxygens (including phenoxy) is 1. The van der Waals surface area contributed by atoms with Gasteiger partial charge in [0.05, 0.1) is 12.1 Å². The van der Waals surface area contributed by atoms with Crippen LogP contribution in [0.1, 0.15) is 29.7 Å². The minimum Gasteiger partial charge on any atom is -0.435 e. The molecule has 0 bridgehead atoms. The van der Waals surface area contributed by atoms with Gasteiger partial charge in [0.1, 0.15) is 5.75 Å². The standard InChI is InChI=1S/C23H21F2N3O3S/c24-22(25)31-19-9-8-17(12-16(19)11-15-5-2-1-3-6-15)26-20(29)13-18-14-32-23(27-18)28-10-4-7-21(28)30/h1-3,5-6,8-9,12,14,22H,4,7,10-11,13H2,(H,26,29). The number of amides is 2. The van der Waals surface area contributed by atoms with Crippen molar-refractivity contribution < 1.29 is 23.1 Å². The molecule has 2 heterocycles. The van der Waals surface area contributed by atoms with Crippen LogP contribution in [0.4, 0.5) is 19.6 Å². The molecule has 0 atom stereocenters. The van der Waals surface area contributed by atoms with Crippen LogP contribution in [-0.4, -0.2) is 30.0 Å². The van der Waals surface area contributed by atoms with E-state index in [-0.39, 0.29) is 24.0 Å². The minimum absolute atomic E-state index is 0.0435. The predicted octanol–water partition coefficient (Wildman–Crippen LogP) is 4.64. The summed E-state index contributed by atoms with van der Waals surface area (Å²) in [6.07, 6.45) is 1.75. The molecular formula is C23H21F2N3O3S. The number of nitrogens with zero attached hydrogens (tertiary/aromatic N) is 2. The van der Waals surface area contributed by atoms with Gasteiger partial charge in [0.2, 0.25) is 11.8 Å². The highest BCUT2D eigenvalue weighted by Gasteiger charge is 2.24. The van der Waals surface area contributed by atoms with Crippen LogP contribution in [0.25, 0.3) is 0 Å². The normalized spacial score (nSPS) is 13.6. The summed E-state index contributed by atoms with van der Waals surface area (Å²) in [6, 6.07) is 14.0. The first-order chi connectivity index (χ1) is 15.5. The maximum atomic E-state index is 12.8. The molecule has 1 saturated heterocycles. The monoisotopic (exact) mass is 457 g/mol. The summed E-state index contributed by atoms with van der Waals surface area (Å²) in [5.74, 6) is -0.170. The fourth-order valence-corrected chi connectivity index (χ4v) is 4.41. The lowest BCUT2D eigenvalue weighted by Gasteiger charge is -2.13. The van der Waals surface area contributed by atoms with E-state index in [0.717, 1.165) is 12.0 Å². The molecule has 9 heteroatoms. The van der Waals surface area contributed by atoms with Crippen molar-refractivity contribution in [2.24, 2.45) is 0 Å². The van der Waals surface area contributed by atoms with Crippen molar-refractivity contribution in [3.05, 3.63) is 70.7 Å². The Morgan fingerprint density at radius 1 is 1.22 bits per heavy atom. The number of benzene rings is 2. The van der Waals surface area contributed by atoms with Crippen molar-refractivity contribution in [2.75, 3.05) is 16.8 Å². The summed E-state index contributed by atoms with van der Waals surface area (Å²) in [5.41, 5.74) is 2.52. The Labute approximate surface area is 187 Å². The largest absolute Gasteiger partial charge is 0.435 e. The average molecular weight is 458 g/mol. The smallest absolute Gasteiger partial charge is 0.387 e. The molecule has 6 nitrogen and oxygen atoms in total. The second-order valence-electron chi connectivity index (χ2n) is 7.36. The number of aromatic nitrogens is 1. The zero-order valence-corrected chi connectivity index (χ0v) is 17.9. The van der Waals surface area contributed by atoms with Crippen LogP contribution in [0.15, 0.2) is 53.9 Å². The second-order valence-corrected chi connectivity index (χ2v) is 8.20. The molecule has 1 fully saturated rings. The third kappa shape index (κ3) is 5.47. The first-order valence-corrected chi connectivity index (χ1v) is 11.0. The molecule has 0 unspecified atom stereocenters. The van der Waals surface area contributed by atoms with Crippen LogP contribution < -0.4 is 15.0 Å². The Balaban J connectivity index is 1.45. The van der Waals surface area contributed by atoms with E-state index in [0.29, 0.717) is 41.5 Å². The molecule has 2 aromatic carbocycles. The molecule has 4 rings (SSSR count). The number of halogens is 2. The minimum atomic E-state index is -2.94. The number of hydrogen-bond acceptors (Lipinski definition) is 5. The summed E-state index contributed by atoms with van der Waals surface area (Å²) in [4.78, 5) is 30.4.